The number of amides is 1. The fourth-order valence-corrected chi connectivity index (χ4v) is 1.13. The first kappa shape index (κ1) is 15.5. The molecule has 0 aromatic rings. The third-order valence-corrected chi connectivity index (χ3v) is 1.92. The normalized spacial score (nSPS) is 10.9. The summed E-state index contributed by atoms with van der Waals surface area (Å²) >= 11 is 0. The predicted octanol–water partition coefficient (Wildman–Crippen LogP) is 2.17. The summed E-state index contributed by atoms with van der Waals surface area (Å²) in [5, 5.41) is 8.59. The third-order valence-electron chi connectivity index (χ3n) is 1.92. The molecule has 0 rings (SSSR count). The first-order chi connectivity index (χ1) is 7.55. The smallest absolute Gasteiger partial charge is 0.323 e. The first-order valence-corrected chi connectivity index (χ1v) is 4.77. The lowest BCUT2D eigenvalue weighted by molar-refractivity contribution is -0.148. The van der Waals surface area contributed by atoms with E-state index in [1.807, 2.05) is 0 Å². The van der Waals surface area contributed by atoms with Gasteiger partial charge >= 0.3 is 12.0 Å². The van der Waals surface area contributed by atoms with Crippen LogP contribution in [0.3, 0.4) is 0 Å². The summed E-state index contributed by atoms with van der Waals surface area (Å²) in [5.41, 5.74) is -0.886. The molecule has 0 aromatic carbocycles. The average Bonchev–Trinajstić information content (AvgIpc) is 2.11. The molecule has 98 valence electrons. The van der Waals surface area contributed by atoms with Crippen LogP contribution in [0.2, 0.25) is 0 Å². The molecule has 0 aliphatic rings. The zero-order valence-electron chi connectivity index (χ0n) is 9.76. The van der Waals surface area contributed by atoms with E-state index in [2.05, 4.69) is 0 Å². The van der Waals surface area contributed by atoms with Crippen molar-refractivity contribution in [2.75, 3.05) is 6.54 Å². The van der Waals surface area contributed by atoms with E-state index in [0.29, 0.717) is 0 Å². The molecule has 1 amide bonds. The van der Waals surface area contributed by atoms with Crippen molar-refractivity contribution in [3.05, 3.63) is 11.9 Å². The number of nitrogens with zero attached hydrogens (tertiary/aromatic N) is 1. The van der Waals surface area contributed by atoms with Gasteiger partial charge in [-0.15, -0.1) is 0 Å². The Balaban J connectivity index is 4.90. The Morgan fingerprint density at radius 3 is 1.94 bits per heavy atom. The number of carbonyl (C=O) groups excluding carboxylic acids is 1. The summed E-state index contributed by atoms with van der Waals surface area (Å²) in [7, 11) is 0. The number of aliphatic carboxylic acids is 1. The van der Waals surface area contributed by atoms with Gasteiger partial charge in [0.1, 0.15) is 6.54 Å². The standard InChI is InChI=1S/C10H14F3NO3/c1-10(2,3)14(5-8(16)17)7(15)4-6(11)9(12)13/h4-5H2,1-3H3,(H,16,17). The minimum absolute atomic E-state index is 0.663. The molecule has 1 N–H and O–H groups in total. The molecular formula is C10H14F3NO3. The second-order valence-corrected chi connectivity index (χ2v) is 4.39. The van der Waals surface area contributed by atoms with Gasteiger partial charge < -0.3 is 10.0 Å². The molecule has 0 saturated carbocycles. The Hall–Kier alpha value is -1.53. The number of carboxylic acids is 1. The zero-order chi connectivity index (χ0) is 13.8. The van der Waals surface area contributed by atoms with E-state index in [9.17, 15) is 22.8 Å². The SMILES string of the molecule is CC(C)(C)N(CC(=O)O)C(=O)CC(F)=C(F)F. The van der Waals surface area contributed by atoms with Gasteiger partial charge in [-0.1, -0.05) is 0 Å². The molecule has 0 unspecified atom stereocenters. The highest BCUT2D eigenvalue weighted by Gasteiger charge is 2.29. The van der Waals surface area contributed by atoms with Gasteiger partial charge in [0.2, 0.25) is 5.91 Å². The summed E-state index contributed by atoms with van der Waals surface area (Å²) in [5.74, 6) is -4.13. The molecule has 0 aliphatic carbocycles. The fourth-order valence-electron chi connectivity index (χ4n) is 1.13. The van der Waals surface area contributed by atoms with Gasteiger partial charge in [-0.3, -0.25) is 9.59 Å². The Bertz CT molecular complexity index is 343. The second-order valence-electron chi connectivity index (χ2n) is 4.39. The Labute approximate surface area is 96.7 Å². The van der Waals surface area contributed by atoms with Crippen LogP contribution in [0.15, 0.2) is 11.9 Å². The van der Waals surface area contributed by atoms with Crippen molar-refractivity contribution in [2.45, 2.75) is 32.7 Å². The Morgan fingerprint density at radius 2 is 1.65 bits per heavy atom. The van der Waals surface area contributed by atoms with Crippen LogP contribution in [-0.2, 0) is 9.59 Å². The number of carboxylic acid groups (broad SMARTS) is 1. The van der Waals surface area contributed by atoms with Gasteiger partial charge in [0.25, 0.3) is 0 Å². The number of hydrogen-bond acceptors (Lipinski definition) is 2. The maximum atomic E-state index is 12.6. The maximum absolute atomic E-state index is 12.6. The summed E-state index contributed by atoms with van der Waals surface area (Å²) in [6.45, 7) is 3.92. The van der Waals surface area contributed by atoms with Crippen LogP contribution in [0.1, 0.15) is 27.2 Å². The van der Waals surface area contributed by atoms with Crippen LogP contribution < -0.4 is 0 Å². The van der Waals surface area contributed by atoms with E-state index < -0.39 is 42.3 Å². The van der Waals surface area contributed by atoms with Crippen molar-refractivity contribution < 1.29 is 27.9 Å². The van der Waals surface area contributed by atoms with Crippen molar-refractivity contribution in [3.63, 3.8) is 0 Å². The Morgan fingerprint density at radius 1 is 1.18 bits per heavy atom. The van der Waals surface area contributed by atoms with Crippen molar-refractivity contribution in [1.82, 2.24) is 4.90 Å². The minimum atomic E-state index is -2.57. The molecular weight excluding hydrogens is 239 g/mol. The predicted molar refractivity (Wildman–Crippen MR) is 54.1 cm³/mol. The van der Waals surface area contributed by atoms with Crippen LogP contribution >= 0.6 is 0 Å². The van der Waals surface area contributed by atoms with Gasteiger partial charge in [-0.25, -0.2) is 4.39 Å². The quantitative estimate of drug-likeness (QED) is 0.835. The second kappa shape index (κ2) is 5.70. The Kier molecular flexibility index (Phi) is 5.18. The summed E-state index contributed by atoms with van der Waals surface area (Å²) in [6.07, 6.45) is -3.70. The molecule has 0 aliphatic heterocycles. The number of halogens is 3. The molecule has 0 bridgehead atoms. The number of rotatable bonds is 4. The van der Waals surface area contributed by atoms with Gasteiger partial charge in [-0.2, -0.15) is 8.78 Å². The van der Waals surface area contributed by atoms with Crippen LogP contribution in [0.4, 0.5) is 13.2 Å². The van der Waals surface area contributed by atoms with Gasteiger partial charge in [-0.05, 0) is 20.8 Å². The first-order valence-electron chi connectivity index (χ1n) is 4.77. The molecule has 17 heavy (non-hydrogen) atoms. The molecule has 0 atom stereocenters. The van der Waals surface area contributed by atoms with Crippen LogP contribution in [0.5, 0.6) is 0 Å². The monoisotopic (exact) mass is 253 g/mol. The molecule has 0 saturated heterocycles. The van der Waals surface area contributed by atoms with E-state index in [-0.39, 0.29) is 0 Å². The van der Waals surface area contributed by atoms with Crippen molar-refractivity contribution in [3.8, 4) is 0 Å². The molecule has 0 heterocycles. The van der Waals surface area contributed by atoms with Gasteiger partial charge in [0, 0.05) is 5.54 Å². The molecule has 4 nitrogen and oxygen atoms in total. The lowest BCUT2D eigenvalue weighted by atomic mass is 10.1. The average molecular weight is 253 g/mol. The van der Waals surface area contributed by atoms with Crippen molar-refractivity contribution >= 4 is 11.9 Å². The number of carbonyl (C=O) groups is 2. The lowest BCUT2D eigenvalue weighted by Gasteiger charge is -2.34. The van der Waals surface area contributed by atoms with Crippen molar-refractivity contribution in [1.29, 1.82) is 0 Å². The van der Waals surface area contributed by atoms with E-state index in [0.717, 1.165) is 4.90 Å². The van der Waals surface area contributed by atoms with Gasteiger partial charge in [0.15, 0.2) is 5.83 Å². The van der Waals surface area contributed by atoms with E-state index in [1.54, 1.807) is 0 Å². The number of hydrogen-bond donors (Lipinski definition) is 1. The molecule has 0 radical (unpaired) electrons. The lowest BCUT2D eigenvalue weighted by Crippen LogP contribution is -2.48. The van der Waals surface area contributed by atoms with Crippen LogP contribution in [0.25, 0.3) is 0 Å². The summed E-state index contributed by atoms with van der Waals surface area (Å²) < 4.78 is 36.3. The highest BCUT2D eigenvalue weighted by molar-refractivity contribution is 5.83. The molecule has 0 fully saturated rings. The highest BCUT2D eigenvalue weighted by Crippen LogP contribution is 2.19. The zero-order valence-corrected chi connectivity index (χ0v) is 9.76. The molecule has 0 spiro atoms. The van der Waals surface area contributed by atoms with Gasteiger partial charge in [0.05, 0.1) is 6.42 Å². The highest BCUT2D eigenvalue weighted by atomic mass is 19.3. The minimum Gasteiger partial charge on any atom is -0.480 e. The largest absolute Gasteiger partial charge is 0.480 e. The summed E-state index contributed by atoms with van der Waals surface area (Å²) in [4.78, 5) is 22.9. The third kappa shape index (κ3) is 5.37. The van der Waals surface area contributed by atoms with Crippen molar-refractivity contribution in [2.24, 2.45) is 0 Å². The van der Waals surface area contributed by atoms with E-state index in [4.69, 9.17) is 5.11 Å². The topological polar surface area (TPSA) is 57.6 Å². The van der Waals surface area contributed by atoms with E-state index >= 15 is 0 Å². The van der Waals surface area contributed by atoms with E-state index in [1.165, 1.54) is 20.8 Å². The fraction of sp³-hybridized carbons (Fsp3) is 0.600. The van der Waals surface area contributed by atoms with Crippen LogP contribution in [-0.4, -0.2) is 34.0 Å². The summed E-state index contributed by atoms with van der Waals surface area (Å²) in [6, 6.07) is 0. The maximum Gasteiger partial charge on any atom is 0.323 e. The molecule has 7 heteroatoms. The van der Waals surface area contributed by atoms with Crippen LogP contribution in [0, 0.1) is 0 Å². The molecule has 0 aromatic heterocycles.